The SMILES string of the molecule is Cc1ccsc1C1/C(=C(/O)c2cccc([N+](=O)[O-])c2)C(=O)C(=O)N1CCN(C)C. The van der Waals surface area contributed by atoms with E-state index in [1.165, 1.54) is 40.5 Å². The first-order valence-electron chi connectivity index (χ1n) is 8.94. The second kappa shape index (κ2) is 8.14. The molecule has 0 saturated carbocycles. The fraction of sp³-hybridized carbons (Fsp3) is 0.300. The van der Waals surface area contributed by atoms with Crippen LogP contribution in [0, 0.1) is 17.0 Å². The summed E-state index contributed by atoms with van der Waals surface area (Å²) in [4.78, 5) is 40.3. The maximum atomic E-state index is 12.9. The molecule has 1 aromatic heterocycles. The zero-order valence-corrected chi connectivity index (χ0v) is 17.1. The molecule has 8 nitrogen and oxygen atoms in total. The molecule has 0 bridgehead atoms. The number of carbonyl (C=O) groups is 2. The molecule has 0 aliphatic carbocycles. The minimum atomic E-state index is -0.787. The number of rotatable bonds is 6. The molecular formula is C20H21N3O5S. The summed E-state index contributed by atoms with van der Waals surface area (Å²) in [6.07, 6.45) is 0. The van der Waals surface area contributed by atoms with Crippen LogP contribution in [0.1, 0.15) is 22.0 Å². The average molecular weight is 415 g/mol. The van der Waals surface area contributed by atoms with Gasteiger partial charge in [-0.3, -0.25) is 19.7 Å². The molecule has 2 heterocycles. The van der Waals surface area contributed by atoms with Crippen molar-refractivity contribution in [3.05, 3.63) is 67.4 Å². The van der Waals surface area contributed by atoms with Crippen molar-refractivity contribution in [3.63, 3.8) is 0 Å². The number of aliphatic hydroxyl groups excluding tert-OH is 1. The van der Waals surface area contributed by atoms with Crippen LogP contribution in [-0.2, 0) is 9.59 Å². The molecule has 29 heavy (non-hydrogen) atoms. The number of amides is 1. The van der Waals surface area contributed by atoms with Gasteiger partial charge in [-0.25, -0.2) is 0 Å². The van der Waals surface area contributed by atoms with Gasteiger partial charge < -0.3 is 14.9 Å². The number of non-ortho nitro benzene ring substituents is 1. The van der Waals surface area contributed by atoms with Gasteiger partial charge in [-0.1, -0.05) is 12.1 Å². The number of thiophene rings is 1. The molecule has 1 N–H and O–H groups in total. The van der Waals surface area contributed by atoms with E-state index in [1.54, 1.807) is 0 Å². The third kappa shape index (κ3) is 3.92. The van der Waals surface area contributed by atoms with Gasteiger partial charge in [0.2, 0.25) is 0 Å². The highest BCUT2D eigenvalue weighted by Gasteiger charge is 2.46. The summed E-state index contributed by atoms with van der Waals surface area (Å²) >= 11 is 1.40. The van der Waals surface area contributed by atoms with Gasteiger partial charge in [0.1, 0.15) is 5.76 Å². The van der Waals surface area contributed by atoms with Crippen LogP contribution in [0.3, 0.4) is 0 Å². The summed E-state index contributed by atoms with van der Waals surface area (Å²) in [5.74, 6) is -1.88. The molecule has 1 saturated heterocycles. The van der Waals surface area contributed by atoms with Gasteiger partial charge in [-0.15, -0.1) is 11.3 Å². The smallest absolute Gasteiger partial charge is 0.295 e. The number of carbonyl (C=O) groups excluding carboxylic acids is 2. The van der Waals surface area contributed by atoms with E-state index in [1.807, 2.05) is 37.4 Å². The molecule has 0 spiro atoms. The average Bonchev–Trinajstić information content (AvgIpc) is 3.20. The van der Waals surface area contributed by atoms with Crippen molar-refractivity contribution < 1.29 is 19.6 Å². The van der Waals surface area contributed by atoms with Crippen molar-refractivity contribution >= 4 is 34.5 Å². The third-order valence-corrected chi connectivity index (χ3v) is 5.88. The Bertz CT molecular complexity index is 1010. The molecule has 3 rings (SSSR count). The zero-order chi connectivity index (χ0) is 21.3. The first-order chi connectivity index (χ1) is 13.7. The van der Waals surface area contributed by atoms with Crippen LogP contribution in [0.25, 0.3) is 5.76 Å². The summed E-state index contributed by atoms with van der Waals surface area (Å²) in [5.41, 5.74) is 0.783. The minimum Gasteiger partial charge on any atom is -0.507 e. The monoisotopic (exact) mass is 415 g/mol. The van der Waals surface area contributed by atoms with Crippen LogP contribution < -0.4 is 0 Å². The molecule has 1 unspecified atom stereocenters. The second-order valence-corrected chi connectivity index (χ2v) is 8.02. The Kier molecular flexibility index (Phi) is 5.81. The van der Waals surface area contributed by atoms with E-state index in [-0.39, 0.29) is 16.8 Å². The number of likely N-dealkylation sites (tertiary alicyclic amines) is 1. The third-order valence-electron chi connectivity index (χ3n) is 4.81. The van der Waals surface area contributed by atoms with Gasteiger partial charge in [0.15, 0.2) is 0 Å². The Balaban J connectivity index is 2.16. The van der Waals surface area contributed by atoms with Gasteiger partial charge in [0.25, 0.3) is 17.4 Å². The fourth-order valence-electron chi connectivity index (χ4n) is 3.28. The number of aliphatic hydroxyl groups is 1. The van der Waals surface area contributed by atoms with Crippen molar-refractivity contribution in [1.82, 2.24) is 9.80 Å². The number of ketones is 1. The lowest BCUT2D eigenvalue weighted by Crippen LogP contribution is -2.35. The topological polar surface area (TPSA) is 104 Å². The molecule has 1 aromatic carbocycles. The fourth-order valence-corrected chi connectivity index (χ4v) is 4.32. The van der Waals surface area contributed by atoms with Crippen LogP contribution in [0.2, 0.25) is 0 Å². The standard InChI is InChI=1S/C20H21N3O5S/c1-12-7-10-29-19(12)16-15(18(25)20(26)22(16)9-8-21(2)3)17(24)13-5-4-6-14(11-13)23(27)28/h4-7,10-11,16,24H,8-9H2,1-3H3/b17-15-. The summed E-state index contributed by atoms with van der Waals surface area (Å²) in [7, 11) is 3.73. The Morgan fingerprint density at radius 2 is 2.03 bits per heavy atom. The number of hydrogen-bond donors (Lipinski definition) is 1. The van der Waals surface area contributed by atoms with Gasteiger partial charge in [-0.2, -0.15) is 0 Å². The van der Waals surface area contributed by atoms with E-state index < -0.39 is 28.4 Å². The van der Waals surface area contributed by atoms with Crippen molar-refractivity contribution in [1.29, 1.82) is 0 Å². The number of Topliss-reactive ketones (excluding diaryl/α,β-unsaturated/α-hetero) is 1. The van der Waals surface area contributed by atoms with Crippen LogP contribution >= 0.6 is 11.3 Å². The molecule has 0 radical (unpaired) electrons. The Hall–Kier alpha value is -3.04. The van der Waals surface area contributed by atoms with E-state index >= 15 is 0 Å². The molecular weight excluding hydrogens is 394 g/mol. The predicted octanol–water partition coefficient (Wildman–Crippen LogP) is 2.95. The van der Waals surface area contributed by atoms with Crippen LogP contribution in [0.5, 0.6) is 0 Å². The number of hydrogen-bond acceptors (Lipinski definition) is 7. The first kappa shape index (κ1) is 20.7. The number of benzene rings is 1. The quantitative estimate of drug-likeness (QED) is 0.256. The Morgan fingerprint density at radius 1 is 1.31 bits per heavy atom. The second-order valence-electron chi connectivity index (χ2n) is 7.07. The summed E-state index contributed by atoms with van der Waals surface area (Å²) in [6, 6.07) is 6.57. The molecule has 2 aromatic rings. The lowest BCUT2D eigenvalue weighted by Gasteiger charge is -2.26. The normalized spacial score (nSPS) is 18.6. The number of nitro groups is 1. The number of likely N-dealkylation sites (N-methyl/N-ethyl adjacent to an activating group) is 1. The Morgan fingerprint density at radius 3 is 2.62 bits per heavy atom. The summed E-state index contributed by atoms with van der Waals surface area (Å²) < 4.78 is 0. The minimum absolute atomic E-state index is 0.0418. The van der Waals surface area contributed by atoms with E-state index in [2.05, 4.69) is 0 Å². The van der Waals surface area contributed by atoms with Crippen molar-refractivity contribution in [2.24, 2.45) is 0 Å². The van der Waals surface area contributed by atoms with E-state index in [0.717, 1.165) is 10.4 Å². The molecule has 9 heteroatoms. The maximum Gasteiger partial charge on any atom is 0.295 e. The molecule has 1 atom stereocenters. The molecule has 1 aliphatic heterocycles. The number of nitro benzene ring substituents is 1. The number of nitrogens with zero attached hydrogens (tertiary/aromatic N) is 3. The lowest BCUT2D eigenvalue weighted by atomic mass is 9.98. The van der Waals surface area contributed by atoms with Crippen molar-refractivity contribution in [2.75, 3.05) is 27.2 Å². The molecule has 1 fully saturated rings. The number of aryl methyl sites for hydroxylation is 1. The summed E-state index contributed by atoms with van der Waals surface area (Å²) in [5, 5.41) is 23.9. The van der Waals surface area contributed by atoms with Crippen LogP contribution in [-0.4, -0.2) is 58.7 Å². The molecule has 1 amide bonds. The van der Waals surface area contributed by atoms with Crippen LogP contribution in [0.4, 0.5) is 5.69 Å². The largest absolute Gasteiger partial charge is 0.507 e. The summed E-state index contributed by atoms with van der Waals surface area (Å²) in [6.45, 7) is 2.74. The van der Waals surface area contributed by atoms with Crippen molar-refractivity contribution in [2.45, 2.75) is 13.0 Å². The lowest BCUT2D eigenvalue weighted by molar-refractivity contribution is -0.384. The zero-order valence-electron chi connectivity index (χ0n) is 16.3. The predicted molar refractivity (Wildman–Crippen MR) is 110 cm³/mol. The van der Waals surface area contributed by atoms with E-state index in [9.17, 15) is 24.8 Å². The van der Waals surface area contributed by atoms with Crippen LogP contribution in [0.15, 0.2) is 41.3 Å². The molecule has 152 valence electrons. The van der Waals surface area contributed by atoms with E-state index in [0.29, 0.717) is 13.1 Å². The maximum absolute atomic E-state index is 12.9. The van der Waals surface area contributed by atoms with Gasteiger partial charge in [-0.05, 0) is 38.0 Å². The highest BCUT2D eigenvalue weighted by molar-refractivity contribution is 7.10. The highest BCUT2D eigenvalue weighted by atomic mass is 32.1. The van der Waals surface area contributed by atoms with E-state index in [4.69, 9.17) is 0 Å². The van der Waals surface area contributed by atoms with Gasteiger partial charge in [0, 0.05) is 35.7 Å². The first-order valence-corrected chi connectivity index (χ1v) is 9.82. The van der Waals surface area contributed by atoms with Gasteiger partial charge in [0.05, 0.1) is 16.5 Å². The molecule has 1 aliphatic rings. The Labute approximate surface area is 171 Å². The van der Waals surface area contributed by atoms with Crippen molar-refractivity contribution in [3.8, 4) is 0 Å². The highest BCUT2D eigenvalue weighted by Crippen LogP contribution is 2.42. The van der Waals surface area contributed by atoms with Gasteiger partial charge >= 0.3 is 0 Å².